The molecule has 1 aromatic carbocycles. The Labute approximate surface area is 152 Å². The predicted molar refractivity (Wildman–Crippen MR) is 98.0 cm³/mol. The van der Waals surface area contributed by atoms with Gasteiger partial charge in [-0.25, -0.2) is 4.98 Å². The zero-order valence-corrected chi connectivity index (χ0v) is 15.0. The number of amides is 1. The van der Waals surface area contributed by atoms with E-state index in [0.29, 0.717) is 42.3 Å². The molecule has 0 atom stereocenters. The molecule has 2 heterocycles. The van der Waals surface area contributed by atoms with Crippen molar-refractivity contribution in [1.82, 2.24) is 9.88 Å². The van der Waals surface area contributed by atoms with Gasteiger partial charge in [-0.15, -0.1) is 0 Å². The first-order valence-electron chi connectivity index (χ1n) is 8.16. The number of aryl methyl sites for hydroxylation is 2. The highest BCUT2D eigenvalue weighted by Gasteiger charge is 2.24. The zero-order valence-electron chi connectivity index (χ0n) is 14.3. The summed E-state index contributed by atoms with van der Waals surface area (Å²) in [7, 11) is 0. The molecule has 1 fully saturated rings. The molecule has 0 radical (unpaired) electrons. The van der Waals surface area contributed by atoms with Crippen LogP contribution in [0, 0.1) is 25.2 Å². The van der Waals surface area contributed by atoms with E-state index < -0.39 is 0 Å². The number of nitrogens with zero attached hydrogens (tertiary/aromatic N) is 4. The van der Waals surface area contributed by atoms with Gasteiger partial charge in [0.15, 0.2) is 0 Å². The molecule has 128 valence electrons. The van der Waals surface area contributed by atoms with Crippen LogP contribution in [-0.2, 0) is 0 Å². The first-order chi connectivity index (χ1) is 12.0. The molecule has 1 amide bonds. The molecule has 0 unspecified atom stereocenters. The molecule has 0 aliphatic carbocycles. The van der Waals surface area contributed by atoms with E-state index in [4.69, 9.17) is 16.9 Å². The summed E-state index contributed by atoms with van der Waals surface area (Å²) in [5, 5.41) is 9.51. The van der Waals surface area contributed by atoms with Crippen molar-refractivity contribution in [1.29, 1.82) is 5.26 Å². The van der Waals surface area contributed by atoms with Gasteiger partial charge in [0.05, 0.1) is 22.2 Å². The average molecular weight is 355 g/mol. The topological polar surface area (TPSA) is 60.2 Å². The number of benzene rings is 1. The van der Waals surface area contributed by atoms with Crippen LogP contribution in [0.5, 0.6) is 0 Å². The van der Waals surface area contributed by atoms with Gasteiger partial charge in [-0.2, -0.15) is 5.26 Å². The summed E-state index contributed by atoms with van der Waals surface area (Å²) in [6.07, 6.45) is 1.64. The second-order valence-corrected chi connectivity index (χ2v) is 6.62. The van der Waals surface area contributed by atoms with Crippen molar-refractivity contribution in [2.45, 2.75) is 13.8 Å². The van der Waals surface area contributed by atoms with E-state index in [2.05, 4.69) is 16.0 Å². The Hall–Kier alpha value is -2.58. The molecule has 0 N–H and O–H groups in total. The van der Waals surface area contributed by atoms with Crippen LogP contribution in [0.4, 0.5) is 5.82 Å². The van der Waals surface area contributed by atoms with Crippen LogP contribution in [0.2, 0.25) is 5.02 Å². The summed E-state index contributed by atoms with van der Waals surface area (Å²) in [5.41, 5.74) is 3.28. The number of nitriles is 1. The van der Waals surface area contributed by atoms with Gasteiger partial charge in [0.2, 0.25) is 0 Å². The SMILES string of the molecule is Cc1cc(Cl)c(C(=O)N2CCN(c3cc(C#N)ccn3)CC2)cc1C. The number of carbonyl (C=O) groups is 1. The Morgan fingerprint density at radius 1 is 1.16 bits per heavy atom. The molecule has 1 aliphatic heterocycles. The van der Waals surface area contributed by atoms with Crippen molar-refractivity contribution >= 4 is 23.3 Å². The minimum absolute atomic E-state index is 0.0357. The number of anilines is 1. The van der Waals surface area contributed by atoms with Gasteiger partial charge >= 0.3 is 0 Å². The summed E-state index contributed by atoms with van der Waals surface area (Å²) in [5.74, 6) is 0.738. The Bertz CT molecular complexity index is 851. The number of rotatable bonds is 2. The third kappa shape index (κ3) is 3.59. The fourth-order valence-electron chi connectivity index (χ4n) is 2.91. The lowest BCUT2D eigenvalue weighted by atomic mass is 10.0. The maximum atomic E-state index is 12.8. The normalized spacial score (nSPS) is 14.3. The van der Waals surface area contributed by atoms with E-state index in [9.17, 15) is 4.79 Å². The van der Waals surface area contributed by atoms with Crippen molar-refractivity contribution in [2.75, 3.05) is 31.1 Å². The van der Waals surface area contributed by atoms with Crippen molar-refractivity contribution in [3.05, 3.63) is 57.7 Å². The predicted octanol–water partition coefficient (Wildman–Crippen LogP) is 3.19. The molecule has 0 saturated carbocycles. The van der Waals surface area contributed by atoms with E-state index >= 15 is 0 Å². The van der Waals surface area contributed by atoms with Gasteiger partial charge < -0.3 is 9.80 Å². The molecular weight excluding hydrogens is 336 g/mol. The van der Waals surface area contributed by atoms with Crippen LogP contribution in [0.15, 0.2) is 30.5 Å². The molecule has 1 saturated heterocycles. The Morgan fingerprint density at radius 2 is 1.84 bits per heavy atom. The van der Waals surface area contributed by atoms with Gasteiger partial charge in [-0.05, 0) is 49.2 Å². The van der Waals surface area contributed by atoms with E-state index in [1.54, 1.807) is 18.3 Å². The largest absolute Gasteiger partial charge is 0.353 e. The van der Waals surface area contributed by atoms with E-state index in [1.807, 2.05) is 30.9 Å². The Kier molecular flexibility index (Phi) is 4.91. The highest BCUT2D eigenvalue weighted by Crippen LogP contribution is 2.23. The van der Waals surface area contributed by atoms with Gasteiger partial charge in [0, 0.05) is 32.4 Å². The Balaban J connectivity index is 1.71. The molecule has 25 heavy (non-hydrogen) atoms. The van der Waals surface area contributed by atoms with Crippen LogP contribution in [-0.4, -0.2) is 42.0 Å². The number of pyridine rings is 1. The molecule has 2 aromatic rings. The van der Waals surface area contributed by atoms with Gasteiger partial charge in [0.1, 0.15) is 5.82 Å². The summed E-state index contributed by atoms with van der Waals surface area (Å²) < 4.78 is 0. The third-order valence-corrected chi connectivity index (χ3v) is 4.89. The third-order valence-electron chi connectivity index (χ3n) is 4.58. The van der Waals surface area contributed by atoms with Crippen LogP contribution >= 0.6 is 11.6 Å². The number of carbonyl (C=O) groups excluding carboxylic acids is 1. The highest BCUT2D eigenvalue weighted by molar-refractivity contribution is 6.34. The first-order valence-corrected chi connectivity index (χ1v) is 8.54. The molecule has 5 nitrogen and oxygen atoms in total. The fourth-order valence-corrected chi connectivity index (χ4v) is 3.21. The molecule has 1 aromatic heterocycles. The van der Waals surface area contributed by atoms with Crippen molar-refractivity contribution in [3.8, 4) is 6.07 Å². The molecule has 0 spiro atoms. The van der Waals surface area contributed by atoms with E-state index in [1.165, 1.54) is 0 Å². The Morgan fingerprint density at radius 3 is 2.52 bits per heavy atom. The number of halogens is 1. The van der Waals surface area contributed by atoms with Crippen molar-refractivity contribution in [2.24, 2.45) is 0 Å². The summed E-state index contributed by atoms with van der Waals surface area (Å²) >= 11 is 6.27. The summed E-state index contributed by atoms with van der Waals surface area (Å²) in [6, 6.07) is 9.30. The highest BCUT2D eigenvalue weighted by atomic mass is 35.5. The average Bonchev–Trinajstić information content (AvgIpc) is 2.64. The number of piperazine rings is 1. The quantitative estimate of drug-likeness (QED) is 0.831. The van der Waals surface area contributed by atoms with Crippen molar-refractivity contribution < 1.29 is 4.79 Å². The number of hydrogen-bond donors (Lipinski definition) is 0. The van der Waals surface area contributed by atoms with Gasteiger partial charge in [-0.1, -0.05) is 11.6 Å². The van der Waals surface area contributed by atoms with Crippen LogP contribution in [0.3, 0.4) is 0 Å². The van der Waals surface area contributed by atoms with E-state index in [-0.39, 0.29) is 5.91 Å². The lowest BCUT2D eigenvalue weighted by molar-refractivity contribution is 0.0746. The minimum Gasteiger partial charge on any atom is -0.353 e. The first kappa shape index (κ1) is 17.2. The molecule has 3 rings (SSSR count). The van der Waals surface area contributed by atoms with Crippen LogP contribution in [0.25, 0.3) is 0 Å². The molecule has 0 bridgehead atoms. The lowest BCUT2D eigenvalue weighted by Gasteiger charge is -2.35. The zero-order chi connectivity index (χ0) is 18.0. The fraction of sp³-hybridized carbons (Fsp3) is 0.316. The number of aromatic nitrogens is 1. The standard InChI is InChI=1S/C19H19ClN4O/c1-13-9-16(17(20)10-14(13)2)19(25)24-7-5-23(6-8-24)18-11-15(12-21)3-4-22-18/h3-4,9-11H,5-8H2,1-2H3. The monoisotopic (exact) mass is 354 g/mol. The molecule has 6 heteroatoms. The second kappa shape index (κ2) is 7.12. The summed E-state index contributed by atoms with van der Waals surface area (Å²) in [6.45, 7) is 6.51. The van der Waals surface area contributed by atoms with E-state index in [0.717, 1.165) is 16.9 Å². The molecular formula is C19H19ClN4O. The number of hydrogen-bond acceptors (Lipinski definition) is 4. The molecule has 1 aliphatic rings. The summed E-state index contributed by atoms with van der Waals surface area (Å²) in [4.78, 5) is 21.0. The minimum atomic E-state index is -0.0357. The maximum absolute atomic E-state index is 12.8. The van der Waals surface area contributed by atoms with Gasteiger partial charge in [-0.3, -0.25) is 4.79 Å². The lowest BCUT2D eigenvalue weighted by Crippen LogP contribution is -2.49. The smallest absolute Gasteiger partial charge is 0.255 e. The second-order valence-electron chi connectivity index (χ2n) is 6.21. The maximum Gasteiger partial charge on any atom is 0.255 e. The van der Waals surface area contributed by atoms with Crippen LogP contribution in [0.1, 0.15) is 27.0 Å². The van der Waals surface area contributed by atoms with Crippen LogP contribution < -0.4 is 4.90 Å². The van der Waals surface area contributed by atoms with Crippen molar-refractivity contribution in [3.63, 3.8) is 0 Å². The van der Waals surface area contributed by atoms with Gasteiger partial charge in [0.25, 0.3) is 5.91 Å².